The number of aromatic nitrogens is 3. The van der Waals surface area contributed by atoms with Gasteiger partial charge in [-0.25, -0.2) is 4.98 Å². The Hall–Kier alpha value is -2.41. The lowest BCUT2D eigenvalue weighted by Crippen LogP contribution is -2.48. The summed E-state index contributed by atoms with van der Waals surface area (Å²) >= 11 is 0. The molecule has 1 fully saturated rings. The molecule has 1 unspecified atom stereocenters. The number of rotatable bonds is 4. The van der Waals surface area contributed by atoms with Crippen molar-refractivity contribution in [1.29, 1.82) is 0 Å². The largest absolute Gasteiger partial charge is 0.367 e. The minimum atomic E-state index is -0.424. The van der Waals surface area contributed by atoms with Gasteiger partial charge in [0.15, 0.2) is 0 Å². The second kappa shape index (κ2) is 6.60. The van der Waals surface area contributed by atoms with E-state index in [1.165, 1.54) is 0 Å². The van der Waals surface area contributed by atoms with E-state index in [4.69, 9.17) is 4.74 Å². The third-order valence-corrected chi connectivity index (χ3v) is 4.26. The van der Waals surface area contributed by atoms with Crippen LogP contribution < -0.4 is 10.2 Å². The topological polar surface area (TPSA) is 72.3 Å². The fourth-order valence-electron chi connectivity index (χ4n) is 2.90. The quantitative estimate of drug-likeness (QED) is 0.916. The summed E-state index contributed by atoms with van der Waals surface area (Å²) in [7, 11) is 1.90. The number of carbonyl (C=O) groups is 1. The Labute approximate surface area is 141 Å². The number of nitrogens with zero attached hydrogens (tertiary/aromatic N) is 4. The zero-order chi connectivity index (χ0) is 17.2. The Balaban J connectivity index is 1.76. The van der Waals surface area contributed by atoms with Gasteiger partial charge in [0.25, 0.3) is 5.91 Å². The maximum atomic E-state index is 11.8. The highest BCUT2D eigenvalue weighted by Crippen LogP contribution is 2.30. The number of pyridine rings is 1. The van der Waals surface area contributed by atoms with Gasteiger partial charge in [-0.1, -0.05) is 0 Å². The zero-order valence-corrected chi connectivity index (χ0v) is 14.3. The first kappa shape index (κ1) is 16.4. The zero-order valence-electron chi connectivity index (χ0n) is 14.3. The summed E-state index contributed by atoms with van der Waals surface area (Å²) in [6.07, 6.45) is 5.45. The maximum absolute atomic E-state index is 11.8. The van der Waals surface area contributed by atoms with Crippen molar-refractivity contribution in [3.05, 3.63) is 41.9 Å². The van der Waals surface area contributed by atoms with Crippen LogP contribution >= 0.6 is 0 Å². The van der Waals surface area contributed by atoms with Gasteiger partial charge in [0, 0.05) is 38.1 Å². The fraction of sp³-hybridized carbons (Fsp3) is 0.471. The van der Waals surface area contributed by atoms with Crippen LogP contribution in [0, 0.1) is 0 Å². The molecular formula is C17H23N5O2. The number of nitrogens with one attached hydrogen (secondary N) is 1. The summed E-state index contributed by atoms with van der Waals surface area (Å²) < 4.78 is 7.80. The van der Waals surface area contributed by atoms with Crippen LogP contribution in [0.2, 0.25) is 0 Å². The highest BCUT2D eigenvalue weighted by Gasteiger charge is 2.35. The number of morpholine rings is 1. The van der Waals surface area contributed by atoms with Gasteiger partial charge >= 0.3 is 0 Å². The Morgan fingerprint density at radius 2 is 2.25 bits per heavy atom. The van der Waals surface area contributed by atoms with E-state index in [1.54, 1.807) is 10.9 Å². The van der Waals surface area contributed by atoms with E-state index >= 15 is 0 Å². The van der Waals surface area contributed by atoms with E-state index in [1.807, 2.05) is 38.5 Å². The van der Waals surface area contributed by atoms with Gasteiger partial charge in [0.05, 0.1) is 24.9 Å². The molecule has 0 radical (unpaired) electrons. The van der Waals surface area contributed by atoms with Crippen LogP contribution in [0.15, 0.2) is 30.7 Å². The lowest BCUT2D eigenvalue weighted by molar-refractivity contribution is -0.0468. The van der Waals surface area contributed by atoms with Gasteiger partial charge in [-0.3, -0.25) is 9.48 Å². The van der Waals surface area contributed by atoms with Crippen LogP contribution in [0.5, 0.6) is 0 Å². The van der Waals surface area contributed by atoms with E-state index in [0.717, 1.165) is 17.9 Å². The first-order chi connectivity index (χ1) is 11.5. The van der Waals surface area contributed by atoms with Crippen molar-refractivity contribution in [2.75, 3.05) is 31.1 Å². The molecule has 3 heterocycles. The molecule has 1 N–H and O–H groups in total. The molecule has 0 bridgehead atoms. The average Bonchev–Trinajstić information content (AvgIpc) is 3.03. The molecule has 7 nitrogen and oxygen atoms in total. The number of carbonyl (C=O) groups excluding carboxylic acids is 1. The van der Waals surface area contributed by atoms with E-state index in [9.17, 15) is 4.79 Å². The lowest BCUT2D eigenvalue weighted by Gasteiger charge is -2.40. The van der Waals surface area contributed by atoms with Crippen molar-refractivity contribution in [1.82, 2.24) is 20.1 Å². The summed E-state index contributed by atoms with van der Waals surface area (Å²) in [6.45, 7) is 6.64. The van der Waals surface area contributed by atoms with Crippen molar-refractivity contribution >= 4 is 11.7 Å². The molecule has 1 atom stereocenters. The highest BCUT2D eigenvalue weighted by molar-refractivity contribution is 5.94. The SMILES string of the molecule is CCNC(=O)c1ccc(N2CCOC(C)(c3cnn(C)c3)C2)nc1. The fourth-order valence-corrected chi connectivity index (χ4v) is 2.90. The van der Waals surface area contributed by atoms with Crippen molar-refractivity contribution in [3.8, 4) is 0 Å². The molecule has 128 valence electrons. The standard InChI is InChI=1S/C17H23N5O2/c1-4-18-16(23)13-5-6-15(19-9-13)22-7-8-24-17(2,12-22)14-10-20-21(3)11-14/h5-6,9-11H,4,7-8,12H2,1-3H3,(H,18,23). The van der Waals surface area contributed by atoms with Crippen LogP contribution in [0.25, 0.3) is 0 Å². The van der Waals surface area contributed by atoms with Gasteiger partial charge < -0.3 is 15.0 Å². The average molecular weight is 329 g/mol. The maximum Gasteiger partial charge on any atom is 0.252 e. The minimum Gasteiger partial charge on any atom is -0.367 e. The molecule has 2 aromatic rings. The van der Waals surface area contributed by atoms with Crippen LogP contribution in [0.4, 0.5) is 5.82 Å². The predicted octanol–water partition coefficient (Wildman–Crippen LogP) is 1.32. The normalized spacial score (nSPS) is 20.9. The Morgan fingerprint density at radius 1 is 1.42 bits per heavy atom. The first-order valence-electron chi connectivity index (χ1n) is 8.14. The van der Waals surface area contributed by atoms with Gasteiger partial charge in [0.2, 0.25) is 0 Å². The predicted molar refractivity (Wildman–Crippen MR) is 91.0 cm³/mol. The van der Waals surface area contributed by atoms with E-state index < -0.39 is 5.60 Å². The van der Waals surface area contributed by atoms with Crippen molar-refractivity contribution in [2.24, 2.45) is 7.05 Å². The first-order valence-corrected chi connectivity index (χ1v) is 8.14. The number of hydrogen-bond acceptors (Lipinski definition) is 5. The van der Waals surface area contributed by atoms with Crippen LogP contribution in [0.1, 0.15) is 29.8 Å². The van der Waals surface area contributed by atoms with Gasteiger partial charge in [0.1, 0.15) is 11.4 Å². The third-order valence-electron chi connectivity index (χ3n) is 4.26. The monoisotopic (exact) mass is 329 g/mol. The molecular weight excluding hydrogens is 306 g/mol. The smallest absolute Gasteiger partial charge is 0.252 e. The lowest BCUT2D eigenvalue weighted by atomic mass is 9.97. The summed E-state index contributed by atoms with van der Waals surface area (Å²) in [4.78, 5) is 18.5. The molecule has 1 amide bonds. The molecule has 0 aromatic carbocycles. The third kappa shape index (κ3) is 3.26. The molecule has 1 aliphatic rings. The summed E-state index contributed by atoms with van der Waals surface area (Å²) in [5.74, 6) is 0.750. The molecule has 1 aliphatic heterocycles. The highest BCUT2D eigenvalue weighted by atomic mass is 16.5. The molecule has 0 spiro atoms. The molecule has 7 heteroatoms. The van der Waals surface area contributed by atoms with E-state index in [2.05, 4.69) is 27.2 Å². The summed E-state index contributed by atoms with van der Waals surface area (Å²) in [5, 5.41) is 7.02. The Morgan fingerprint density at radius 3 is 2.88 bits per heavy atom. The Bertz CT molecular complexity index is 712. The number of ether oxygens (including phenoxy) is 1. The minimum absolute atomic E-state index is 0.0984. The molecule has 1 saturated heterocycles. The molecule has 0 aliphatic carbocycles. The number of aryl methyl sites for hydroxylation is 1. The number of amides is 1. The molecule has 3 rings (SSSR count). The second-order valence-corrected chi connectivity index (χ2v) is 6.17. The summed E-state index contributed by atoms with van der Waals surface area (Å²) in [5.41, 5.74) is 1.20. The van der Waals surface area contributed by atoms with Gasteiger partial charge in [-0.15, -0.1) is 0 Å². The number of anilines is 1. The van der Waals surface area contributed by atoms with Crippen LogP contribution in [0.3, 0.4) is 0 Å². The van der Waals surface area contributed by atoms with Gasteiger partial charge in [-0.2, -0.15) is 5.10 Å². The number of hydrogen-bond donors (Lipinski definition) is 1. The second-order valence-electron chi connectivity index (χ2n) is 6.17. The van der Waals surface area contributed by atoms with Crippen molar-refractivity contribution in [3.63, 3.8) is 0 Å². The summed E-state index contributed by atoms with van der Waals surface area (Å²) in [6, 6.07) is 3.70. The van der Waals surface area contributed by atoms with Crippen molar-refractivity contribution < 1.29 is 9.53 Å². The molecule has 24 heavy (non-hydrogen) atoms. The van der Waals surface area contributed by atoms with E-state index in [-0.39, 0.29) is 5.91 Å². The molecule has 0 saturated carbocycles. The van der Waals surface area contributed by atoms with Gasteiger partial charge in [-0.05, 0) is 26.0 Å². The van der Waals surface area contributed by atoms with E-state index in [0.29, 0.717) is 25.3 Å². The van der Waals surface area contributed by atoms with Crippen LogP contribution in [-0.4, -0.2) is 46.9 Å². The van der Waals surface area contributed by atoms with Crippen molar-refractivity contribution in [2.45, 2.75) is 19.4 Å². The van der Waals surface area contributed by atoms with Crippen LogP contribution in [-0.2, 0) is 17.4 Å². The molecule has 2 aromatic heterocycles. The Kier molecular flexibility index (Phi) is 4.53.